The normalized spacial score (nSPS) is 11.3. The number of H-pyrrole nitrogens is 1. The first-order valence-corrected chi connectivity index (χ1v) is 20.0. The Morgan fingerprint density at radius 2 is 1.45 bits per heavy atom. The van der Waals surface area contributed by atoms with Crippen molar-refractivity contribution in [3.05, 3.63) is 27.9 Å². The molecule has 0 fully saturated rings. The van der Waals surface area contributed by atoms with Gasteiger partial charge in [0.15, 0.2) is 16.6 Å². The number of nitrogens with zero attached hydrogens (tertiary/aromatic N) is 1. The van der Waals surface area contributed by atoms with E-state index >= 15 is 0 Å². The van der Waals surface area contributed by atoms with Crippen molar-refractivity contribution in [1.82, 2.24) is 20.6 Å². The molecule has 0 atom stereocenters. The molecular weight excluding hydrogens is 513 g/mol. The largest absolute Gasteiger partial charge is 0.455 e. The fourth-order valence-corrected chi connectivity index (χ4v) is 13.4. The third-order valence-corrected chi connectivity index (χ3v) is 13.7. The van der Waals surface area contributed by atoms with Gasteiger partial charge in [-0.2, -0.15) is 0 Å². The van der Waals surface area contributed by atoms with Crippen LogP contribution in [0.3, 0.4) is 0 Å². The Bertz CT molecular complexity index is 860. The van der Waals surface area contributed by atoms with Gasteiger partial charge in [-0.05, 0) is 64.5 Å². The Balaban J connectivity index is 0. The van der Waals surface area contributed by atoms with Crippen molar-refractivity contribution in [2.45, 2.75) is 131 Å². The van der Waals surface area contributed by atoms with Crippen molar-refractivity contribution in [2.24, 2.45) is 0 Å². The maximum Gasteiger partial charge on any atom is 0.314 e. The molecule has 38 heavy (non-hydrogen) atoms. The molecule has 10 heteroatoms. The summed E-state index contributed by atoms with van der Waals surface area (Å²) in [4.78, 5) is 42.4. The van der Waals surface area contributed by atoms with Crippen molar-refractivity contribution in [2.75, 3.05) is 13.1 Å². The summed E-state index contributed by atoms with van der Waals surface area (Å²) >= 11 is 0. The maximum atomic E-state index is 12.1. The topological polar surface area (TPSA) is 113 Å². The van der Waals surface area contributed by atoms with Crippen LogP contribution in [0, 0.1) is 6.92 Å². The quantitative estimate of drug-likeness (QED) is 0.126. The average molecular weight is 571 g/mol. The molecule has 0 radical (unpaired) electrons. The first kappa shape index (κ1) is 38.4. The fourth-order valence-electron chi connectivity index (χ4n) is 4.41. The number of aromatic nitrogens is 2. The number of amides is 2. The number of hydrogen-bond acceptors (Lipinski definition) is 5. The molecule has 1 aromatic heterocycles. The minimum Gasteiger partial charge on any atom is -0.455 e. The second kappa shape index (κ2) is 20.2. The molecule has 1 rings (SSSR count). The van der Waals surface area contributed by atoms with Crippen molar-refractivity contribution in [1.29, 1.82) is 0 Å². The molecule has 1 aromatic rings. The van der Waals surface area contributed by atoms with Gasteiger partial charge in [0, 0.05) is 31.3 Å². The second-order valence-corrected chi connectivity index (χ2v) is 19.9. The summed E-state index contributed by atoms with van der Waals surface area (Å²) in [7, 11) is -3.26. The first-order chi connectivity index (χ1) is 16.9. The van der Waals surface area contributed by atoms with Gasteiger partial charge in [-0.25, -0.2) is 9.78 Å². The number of Topliss-reactive ketones (excluding diaryl/α,β-unsaturated/α-hetero) is 1. The smallest absolute Gasteiger partial charge is 0.314 e. The van der Waals surface area contributed by atoms with Gasteiger partial charge in [-0.3, -0.25) is 9.59 Å². The Labute approximate surface area is 234 Å². The predicted octanol–water partition coefficient (Wildman–Crippen LogP) is 6.72. The van der Waals surface area contributed by atoms with Crippen LogP contribution in [0.1, 0.15) is 91.1 Å². The van der Waals surface area contributed by atoms with E-state index in [0.29, 0.717) is 31.0 Å². The molecule has 0 unspecified atom stereocenters. The Morgan fingerprint density at radius 3 is 2.05 bits per heavy atom. The molecule has 0 bridgehead atoms. The van der Waals surface area contributed by atoms with Crippen molar-refractivity contribution < 1.29 is 13.7 Å². The maximum absolute atomic E-state index is 12.1. The monoisotopic (exact) mass is 570 g/mol. The molecule has 3 N–H and O–H groups in total. The highest BCUT2D eigenvalue weighted by Gasteiger charge is 2.32. The van der Waals surface area contributed by atoms with Crippen LogP contribution in [0.4, 0.5) is 4.79 Å². The van der Waals surface area contributed by atoms with Gasteiger partial charge in [0.25, 0.3) is 5.56 Å². The number of hydrogen-bond donors (Lipinski definition) is 3. The third kappa shape index (κ3) is 19.3. The molecule has 2 amide bonds. The summed E-state index contributed by atoms with van der Waals surface area (Å²) < 4.78 is 6.62. The van der Waals surface area contributed by atoms with Gasteiger partial charge in [0.2, 0.25) is 0 Å². The highest BCUT2D eigenvalue weighted by Crippen LogP contribution is 2.24. The molecule has 0 saturated carbocycles. The van der Waals surface area contributed by atoms with Crippen LogP contribution in [0.2, 0.25) is 38.3 Å². The number of urea groups is 1. The van der Waals surface area contributed by atoms with E-state index in [2.05, 4.69) is 53.7 Å². The minimum absolute atomic E-state index is 0. The first-order valence-electron chi connectivity index (χ1n) is 13.7. The highest BCUT2D eigenvalue weighted by molar-refractivity contribution is 6.84. The van der Waals surface area contributed by atoms with Crippen LogP contribution in [0.5, 0.6) is 0 Å². The number of aromatic amines is 1. The standard InChI is InChI=1S/C26H50N4O4Si2.2CH4/c1-7-8-18-35(3,4)34-36(5,6)19-14-17-28-26(33)27-16-13-11-9-10-12-15-23(31)21-24-29-22(2)20-25(32)30-24;;/h20H,7-19,21H2,1-6H3,(H2,27,28,33)(H,29,30,32);2*1H4. The average Bonchev–Trinajstić information content (AvgIpc) is 2.75. The molecule has 0 aliphatic rings. The van der Waals surface area contributed by atoms with Crippen molar-refractivity contribution in [3.8, 4) is 0 Å². The Hall–Kier alpha value is -1.79. The summed E-state index contributed by atoms with van der Waals surface area (Å²) in [5.41, 5.74) is 0.411. The minimum atomic E-state index is -1.69. The highest BCUT2D eigenvalue weighted by atomic mass is 28.4. The summed E-state index contributed by atoms with van der Waals surface area (Å²) in [5, 5.41) is 5.90. The molecule has 1 heterocycles. The van der Waals surface area contributed by atoms with E-state index in [-0.39, 0.29) is 38.6 Å². The predicted molar refractivity (Wildman–Crippen MR) is 166 cm³/mol. The SMILES string of the molecule is C.C.CCCC[Si](C)(C)O[Si](C)(C)CCCNC(=O)NCCCCCCCC(=O)Cc1nc(C)cc(=O)[nH]1. The molecule has 0 aliphatic heterocycles. The zero-order chi connectivity index (χ0) is 27.0. The van der Waals surface area contributed by atoms with Crippen molar-refractivity contribution >= 4 is 28.4 Å². The van der Waals surface area contributed by atoms with Crippen LogP contribution >= 0.6 is 0 Å². The number of rotatable bonds is 19. The summed E-state index contributed by atoms with van der Waals surface area (Å²) in [6, 6.07) is 3.62. The van der Waals surface area contributed by atoms with Gasteiger partial charge in [0.1, 0.15) is 11.6 Å². The summed E-state index contributed by atoms with van der Waals surface area (Å²) in [6.45, 7) is 14.6. The Kier molecular flexibility index (Phi) is 20.4. The van der Waals surface area contributed by atoms with Gasteiger partial charge in [-0.15, -0.1) is 0 Å². The number of nitrogens with one attached hydrogen (secondary N) is 3. The lowest BCUT2D eigenvalue weighted by Crippen LogP contribution is -2.44. The van der Waals surface area contributed by atoms with E-state index in [1.165, 1.54) is 25.0 Å². The zero-order valence-corrected chi connectivity index (χ0v) is 25.6. The number of unbranched alkanes of at least 4 members (excludes halogenated alkanes) is 5. The van der Waals surface area contributed by atoms with E-state index in [4.69, 9.17) is 4.12 Å². The van der Waals surface area contributed by atoms with Crippen LogP contribution in [-0.2, 0) is 15.3 Å². The summed E-state index contributed by atoms with van der Waals surface area (Å²) in [6.07, 6.45) is 8.93. The second-order valence-electron chi connectivity index (χ2n) is 11.1. The number of aryl methyl sites for hydroxylation is 1. The molecule has 0 spiro atoms. The van der Waals surface area contributed by atoms with Crippen LogP contribution in [0.15, 0.2) is 10.9 Å². The summed E-state index contributed by atoms with van der Waals surface area (Å²) in [5.74, 6) is 0.545. The lowest BCUT2D eigenvalue weighted by Gasteiger charge is -2.34. The van der Waals surface area contributed by atoms with Crippen LogP contribution < -0.4 is 16.2 Å². The van der Waals surface area contributed by atoms with E-state index < -0.39 is 16.6 Å². The molecule has 0 saturated heterocycles. The molecule has 0 aliphatic carbocycles. The van der Waals surface area contributed by atoms with Gasteiger partial charge in [0.05, 0.1) is 6.42 Å². The number of carbonyl (C=O) groups is 2. The van der Waals surface area contributed by atoms with Gasteiger partial charge < -0.3 is 19.7 Å². The number of ketones is 1. The third-order valence-electron chi connectivity index (χ3n) is 6.13. The lowest BCUT2D eigenvalue weighted by molar-refractivity contribution is -0.118. The van der Waals surface area contributed by atoms with Gasteiger partial charge >= 0.3 is 6.03 Å². The van der Waals surface area contributed by atoms with Gasteiger partial charge in [-0.1, -0.05) is 53.9 Å². The molecule has 8 nitrogen and oxygen atoms in total. The van der Waals surface area contributed by atoms with Crippen LogP contribution in [-0.4, -0.2) is 51.5 Å². The molecule has 0 aromatic carbocycles. The zero-order valence-electron chi connectivity index (χ0n) is 23.6. The Morgan fingerprint density at radius 1 is 0.895 bits per heavy atom. The van der Waals surface area contributed by atoms with Crippen LogP contribution in [0.25, 0.3) is 0 Å². The number of carbonyl (C=O) groups excluding carboxylic acids is 2. The molecular formula is C28H58N4O4Si2. The van der Waals surface area contributed by atoms with Crippen molar-refractivity contribution in [3.63, 3.8) is 0 Å². The van der Waals surface area contributed by atoms with E-state index in [1.54, 1.807) is 6.92 Å². The lowest BCUT2D eigenvalue weighted by atomic mass is 10.1. The van der Waals surface area contributed by atoms with E-state index in [9.17, 15) is 14.4 Å². The van der Waals surface area contributed by atoms with E-state index in [0.717, 1.165) is 44.6 Å². The van der Waals surface area contributed by atoms with E-state index in [1.807, 2.05) is 0 Å². The fraction of sp³-hybridized carbons (Fsp3) is 0.786. The molecule has 222 valence electrons.